The van der Waals surface area contributed by atoms with Gasteiger partial charge in [-0.15, -0.1) is 0 Å². The number of Topliss-reactive ketones (excluding diaryl/α,β-unsaturated/α-hetero) is 1. The van der Waals surface area contributed by atoms with Gasteiger partial charge in [0.2, 0.25) is 0 Å². The van der Waals surface area contributed by atoms with Crippen LogP contribution in [-0.4, -0.2) is 33.1 Å². The number of rotatable bonds is 3. The predicted molar refractivity (Wildman–Crippen MR) is 69.0 cm³/mol. The fraction of sp³-hybridized carbons (Fsp3) is 0.714. The second-order valence-electron chi connectivity index (χ2n) is 5.67. The first kappa shape index (κ1) is 11.9. The summed E-state index contributed by atoms with van der Waals surface area (Å²) in [5, 5.41) is 4.22. The molecular weight excluding hydrogens is 226 g/mol. The third-order valence-corrected chi connectivity index (χ3v) is 4.37. The molecule has 0 N–H and O–H groups in total. The molecule has 2 heterocycles. The summed E-state index contributed by atoms with van der Waals surface area (Å²) < 4.78 is 1.85. The lowest BCUT2D eigenvalue weighted by molar-refractivity contribution is -0.122. The number of nitrogens with zero attached hydrogens (tertiary/aromatic N) is 3. The van der Waals surface area contributed by atoms with Crippen LogP contribution in [0.4, 0.5) is 0 Å². The van der Waals surface area contributed by atoms with E-state index in [1.807, 2.05) is 17.9 Å². The summed E-state index contributed by atoms with van der Waals surface area (Å²) >= 11 is 0. The number of aryl methyl sites for hydroxylation is 1. The molecule has 18 heavy (non-hydrogen) atoms. The van der Waals surface area contributed by atoms with E-state index in [9.17, 15) is 4.79 Å². The van der Waals surface area contributed by atoms with E-state index in [2.05, 4.69) is 16.2 Å². The highest BCUT2D eigenvalue weighted by Gasteiger charge is 2.37. The van der Waals surface area contributed by atoms with Crippen LogP contribution >= 0.6 is 0 Å². The van der Waals surface area contributed by atoms with Crippen LogP contribution in [0, 0.1) is 5.92 Å². The molecule has 1 aliphatic carbocycles. The summed E-state index contributed by atoms with van der Waals surface area (Å²) in [5.41, 5.74) is 1.26. The lowest BCUT2D eigenvalue weighted by Crippen LogP contribution is -2.36. The third-order valence-electron chi connectivity index (χ3n) is 4.37. The van der Waals surface area contributed by atoms with Crippen molar-refractivity contribution in [1.82, 2.24) is 14.7 Å². The van der Waals surface area contributed by atoms with Crippen molar-refractivity contribution in [2.75, 3.05) is 6.54 Å². The molecule has 1 saturated heterocycles. The summed E-state index contributed by atoms with van der Waals surface area (Å²) in [6.45, 7) is 2.08. The number of ketones is 1. The Kier molecular flexibility index (Phi) is 3.20. The van der Waals surface area contributed by atoms with Gasteiger partial charge in [0.05, 0.1) is 6.20 Å². The van der Waals surface area contributed by atoms with Gasteiger partial charge in [0, 0.05) is 43.7 Å². The van der Waals surface area contributed by atoms with E-state index in [0.29, 0.717) is 17.7 Å². The quantitative estimate of drug-likeness (QED) is 0.817. The van der Waals surface area contributed by atoms with Gasteiger partial charge in [-0.2, -0.15) is 5.10 Å². The Balaban J connectivity index is 1.69. The van der Waals surface area contributed by atoms with Crippen molar-refractivity contribution in [2.45, 2.75) is 44.7 Å². The molecule has 98 valence electrons. The summed E-state index contributed by atoms with van der Waals surface area (Å²) in [6.07, 6.45) is 9.44. The molecule has 2 aliphatic rings. The van der Waals surface area contributed by atoms with E-state index in [1.54, 1.807) is 0 Å². The fourth-order valence-corrected chi connectivity index (χ4v) is 3.54. The second kappa shape index (κ2) is 4.84. The third kappa shape index (κ3) is 2.21. The molecule has 1 aliphatic heterocycles. The first-order valence-electron chi connectivity index (χ1n) is 6.98. The predicted octanol–water partition coefficient (Wildman–Crippen LogP) is 1.75. The first-order chi connectivity index (χ1) is 8.74. The van der Waals surface area contributed by atoms with Gasteiger partial charge in [0.25, 0.3) is 0 Å². The molecule has 0 radical (unpaired) electrons. The molecule has 1 aromatic rings. The van der Waals surface area contributed by atoms with E-state index < -0.39 is 0 Å². The molecule has 0 aromatic carbocycles. The Hall–Kier alpha value is -1.16. The largest absolute Gasteiger partial charge is 0.299 e. The van der Waals surface area contributed by atoms with Crippen molar-refractivity contribution in [3.05, 3.63) is 18.0 Å². The molecule has 2 fully saturated rings. The van der Waals surface area contributed by atoms with E-state index in [0.717, 1.165) is 32.4 Å². The van der Waals surface area contributed by atoms with Crippen LogP contribution in [0.2, 0.25) is 0 Å². The molecular formula is C14H21N3O. The zero-order valence-electron chi connectivity index (χ0n) is 11.0. The van der Waals surface area contributed by atoms with Gasteiger partial charge < -0.3 is 0 Å². The van der Waals surface area contributed by atoms with Gasteiger partial charge in [-0.1, -0.05) is 0 Å². The Morgan fingerprint density at radius 1 is 1.39 bits per heavy atom. The van der Waals surface area contributed by atoms with Crippen LogP contribution in [0.5, 0.6) is 0 Å². The molecule has 1 aromatic heterocycles. The highest BCUT2D eigenvalue weighted by molar-refractivity contribution is 5.83. The average molecular weight is 247 g/mol. The highest BCUT2D eigenvalue weighted by atomic mass is 16.1. The smallest absolute Gasteiger partial charge is 0.137 e. The molecule has 2 unspecified atom stereocenters. The van der Waals surface area contributed by atoms with Crippen LogP contribution < -0.4 is 0 Å². The lowest BCUT2D eigenvalue weighted by Gasteiger charge is -2.28. The molecule has 0 bridgehead atoms. The van der Waals surface area contributed by atoms with Crippen molar-refractivity contribution >= 4 is 5.78 Å². The van der Waals surface area contributed by atoms with E-state index in [-0.39, 0.29) is 0 Å². The maximum absolute atomic E-state index is 11.9. The van der Waals surface area contributed by atoms with Gasteiger partial charge in [0.15, 0.2) is 0 Å². The molecule has 4 heteroatoms. The van der Waals surface area contributed by atoms with Crippen LogP contribution in [0.25, 0.3) is 0 Å². The number of aromatic nitrogens is 2. The number of hydrogen-bond acceptors (Lipinski definition) is 3. The standard InChI is InChI=1S/C14H21N3O/c1-16-9-11(8-15-16)10-17-7-3-5-13(17)12-4-2-6-14(12)18/h8-9,12-13H,2-7,10H2,1H3. The Morgan fingerprint density at radius 2 is 2.28 bits per heavy atom. The van der Waals surface area contributed by atoms with Gasteiger partial charge >= 0.3 is 0 Å². The highest BCUT2D eigenvalue weighted by Crippen LogP contribution is 2.33. The number of likely N-dealkylation sites (tertiary alicyclic amines) is 1. The Bertz CT molecular complexity index is 440. The number of hydrogen-bond donors (Lipinski definition) is 0. The van der Waals surface area contributed by atoms with Crippen LogP contribution in [0.1, 0.15) is 37.7 Å². The summed E-state index contributed by atoms with van der Waals surface area (Å²) in [6, 6.07) is 0.486. The minimum Gasteiger partial charge on any atom is -0.299 e. The first-order valence-corrected chi connectivity index (χ1v) is 6.98. The van der Waals surface area contributed by atoms with E-state index in [4.69, 9.17) is 0 Å². The monoisotopic (exact) mass is 247 g/mol. The van der Waals surface area contributed by atoms with Crippen LogP contribution in [0.3, 0.4) is 0 Å². The Morgan fingerprint density at radius 3 is 2.94 bits per heavy atom. The van der Waals surface area contributed by atoms with Gasteiger partial charge in [-0.05, 0) is 32.2 Å². The molecule has 4 nitrogen and oxygen atoms in total. The minimum absolute atomic E-state index is 0.309. The van der Waals surface area contributed by atoms with E-state index >= 15 is 0 Å². The van der Waals surface area contributed by atoms with Crippen LogP contribution in [-0.2, 0) is 18.4 Å². The lowest BCUT2D eigenvalue weighted by atomic mass is 9.95. The van der Waals surface area contributed by atoms with Gasteiger partial charge in [-0.3, -0.25) is 14.4 Å². The second-order valence-corrected chi connectivity index (χ2v) is 5.67. The molecule has 2 atom stereocenters. The van der Waals surface area contributed by atoms with Crippen molar-refractivity contribution in [3.8, 4) is 0 Å². The van der Waals surface area contributed by atoms with Gasteiger partial charge in [0.1, 0.15) is 5.78 Å². The summed E-state index contributed by atoms with van der Waals surface area (Å²) in [7, 11) is 1.95. The summed E-state index contributed by atoms with van der Waals surface area (Å²) in [4.78, 5) is 14.4. The van der Waals surface area contributed by atoms with Crippen LogP contribution in [0.15, 0.2) is 12.4 Å². The zero-order chi connectivity index (χ0) is 12.5. The summed E-state index contributed by atoms with van der Waals surface area (Å²) in [5.74, 6) is 0.808. The fourth-order valence-electron chi connectivity index (χ4n) is 3.54. The van der Waals surface area contributed by atoms with Gasteiger partial charge in [-0.25, -0.2) is 0 Å². The maximum atomic E-state index is 11.9. The normalized spacial score (nSPS) is 29.3. The number of carbonyl (C=O) groups excluding carboxylic acids is 1. The number of carbonyl (C=O) groups is 1. The molecule has 0 spiro atoms. The minimum atomic E-state index is 0.309. The molecule has 0 amide bonds. The SMILES string of the molecule is Cn1cc(CN2CCCC2C2CCCC2=O)cn1. The maximum Gasteiger partial charge on any atom is 0.137 e. The van der Waals surface area contributed by atoms with Crippen molar-refractivity contribution < 1.29 is 4.79 Å². The Labute approximate surface area is 108 Å². The van der Waals surface area contributed by atoms with Crippen molar-refractivity contribution in [2.24, 2.45) is 13.0 Å². The molecule has 1 saturated carbocycles. The molecule has 3 rings (SSSR count). The van der Waals surface area contributed by atoms with Crippen molar-refractivity contribution in [3.63, 3.8) is 0 Å². The average Bonchev–Trinajstić information content (AvgIpc) is 3.02. The zero-order valence-corrected chi connectivity index (χ0v) is 11.0. The van der Waals surface area contributed by atoms with E-state index in [1.165, 1.54) is 18.4 Å². The topological polar surface area (TPSA) is 38.1 Å². The van der Waals surface area contributed by atoms with Crippen molar-refractivity contribution in [1.29, 1.82) is 0 Å².